The van der Waals surface area contributed by atoms with Crippen LogP contribution in [0.25, 0.3) is 0 Å². The van der Waals surface area contributed by atoms with Crippen LogP contribution in [0.2, 0.25) is 0 Å². The van der Waals surface area contributed by atoms with E-state index in [9.17, 15) is 9.59 Å². The molecule has 1 rings (SSSR count). The molecular formula is C13H20N4O2. The highest BCUT2D eigenvalue weighted by atomic mass is 16.2. The summed E-state index contributed by atoms with van der Waals surface area (Å²) < 4.78 is 0. The van der Waals surface area contributed by atoms with Crippen LogP contribution in [0.5, 0.6) is 0 Å². The molecule has 6 N–H and O–H groups in total. The topological polar surface area (TPSA) is 110 Å². The van der Waals surface area contributed by atoms with Crippen molar-refractivity contribution in [3.05, 3.63) is 23.8 Å². The molecular weight excluding hydrogens is 244 g/mol. The van der Waals surface area contributed by atoms with Crippen LogP contribution in [0.3, 0.4) is 0 Å². The van der Waals surface area contributed by atoms with Gasteiger partial charge in [0.2, 0.25) is 11.8 Å². The van der Waals surface area contributed by atoms with Crippen molar-refractivity contribution in [2.24, 2.45) is 11.7 Å². The number of hydrogen-bond donors (Lipinski definition) is 4. The number of hydrogen-bond acceptors (Lipinski definition) is 4. The predicted molar refractivity (Wildman–Crippen MR) is 75.7 cm³/mol. The molecule has 0 bridgehead atoms. The summed E-state index contributed by atoms with van der Waals surface area (Å²) >= 11 is 0. The van der Waals surface area contributed by atoms with Gasteiger partial charge in [-0.3, -0.25) is 9.59 Å². The number of nitrogens with one attached hydrogen (secondary N) is 2. The SMILES string of the molecule is CC(C)CNC(=O)CNc1ccc(C(N)=O)cc1N. The second kappa shape index (κ2) is 6.63. The standard InChI is InChI=1S/C13H20N4O2/c1-8(2)6-17-12(18)7-16-11-4-3-9(13(15)19)5-10(11)14/h3-5,8,16H,6-7,14H2,1-2H3,(H2,15,19)(H,17,18). The number of carbonyl (C=O) groups is 2. The molecule has 2 amide bonds. The number of anilines is 2. The third-order valence-electron chi connectivity index (χ3n) is 2.48. The average molecular weight is 264 g/mol. The first-order valence-corrected chi connectivity index (χ1v) is 6.10. The van der Waals surface area contributed by atoms with Crippen LogP contribution < -0.4 is 22.1 Å². The van der Waals surface area contributed by atoms with Crippen molar-refractivity contribution in [1.82, 2.24) is 5.32 Å². The third kappa shape index (κ3) is 4.87. The Morgan fingerprint density at radius 1 is 1.32 bits per heavy atom. The van der Waals surface area contributed by atoms with Gasteiger partial charge < -0.3 is 22.1 Å². The molecule has 0 fully saturated rings. The summed E-state index contributed by atoms with van der Waals surface area (Å²) in [5.74, 6) is -0.233. The molecule has 1 aromatic rings. The van der Waals surface area contributed by atoms with Gasteiger partial charge in [-0.15, -0.1) is 0 Å². The highest BCUT2D eigenvalue weighted by Crippen LogP contribution is 2.19. The maximum atomic E-state index is 11.5. The van der Waals surface area contributed by atoms with Crippen molar-refractivity contribution in [2.75, 3.05) is 24.1 Å². The molecule has 0 aliphatic heterocycles. The lowest BCUT2D eigenvalue weighted by molar-refractivity contribution is -0.119. The van der Waals surface area contributed by atoms with E-state index in [1.165, 1.54) is 6.07 Å². The molecule has 0 heterocycles. The monoisotopic (exact) mass is 264 g/mol. The maximum absolute atomic E-state index is 11.5. The number of nitrogens with two attached hydrogens (primary N) is 2. The van der Waals surface area contributed by atoms with Crippen LogP contribution in [0.4, 0.5) is 11.4 Å². The minimum Gasteiger partial charge on any atom is -0.397 e. The quantitative estimate of drug-likeness (QED) is 0.562. The first kappa shape index (κ1) is 14.8. The van der Waals surface area contributed by atoms with E-state index in [0.717, 1.165) is 0 Å². The summed E-state index contributed by atoms with van der Waals surface area (Å²) in [7, 11) is 0. The van der Waals surface area contributed by atoms with E-state index >= 15 is 0 Å². The Morgan fingerprint density at radius 2 is 2.00 bits per heavy atom. The molecule has 0 atom stereocenters. The summed E-state index contributed by atoms with van der Waals surface area (Å²) in [6.07, 6.45) is 0. The summed E-state index contributed by atoms with van der Waals surface area (Å²) in [5, 5.41) is 5.70. The number of carbonyl (C=O) groups excluding carboxylic acids is 2. The fourth-order valence-corrected chi connectivity index (χ4v) is 1.43. The van der Waals surface area contributed by atoms with E-state index in [0.29, 0.717) is 29.4 Å². The minimum absolute atomic E-state index is 0.105. The summed E-state index contributed by atoms with van der Waals surface area (Å²) in [6, 6.07) is 4.68. The van der Waals surface area contributed by atoms with Crippen LogP contribution in [-0.2, 0) is 4.79 Å². The molecule has 0 unspecified atom stereocenters. The number of benzene rings is 1. The average Bonchev–Trinajstić information content (AvgIpc) is 2.34. The highest BCUT2D eigenvalue weighted by Gasteiger charge is 2.06. The van der Waals surface area contributed by atoms with E-state index in [1.807, 2.05) is 13.8 Å². The van der Waals surface area contributed by atoms with Crippen molar-refractivity contribution in [3.8, 4) is 0 Å². The summed E-state index contributed by atoms with van der Waals surface area (Å²) in [5.41, 5.74) is 12.2. The van der Waals surface area contributed by atoms with Crippen molar-refractivity contribution < 1.29 is 9.59 Å². The molecule has 0 aliphatic carbocycles. The Hall–Kier alpha value is -2.24. The highest BCUT2D eigenvalue weighted by molar-refractivity contribution is 5.95. The Balaban J connectivity index is 2.54. The van der Waals surface area contributed by atoms with Crippen LogP contribution in [0.15, 0.2) is 18.2 Å². The van der Waals surface area contributed by atoms with Gasteiger partial charge in [0.15, 0.2) is 0 Å². The second-order valence-corrected chi connectivity index (χ2v) is 4.72. The van der Waals surface area contributed by atoms with E-state index in [-0.39, 0.29) is 12.5 Å². The van der Waals surface area contributed by atoms with Gasteiger partial charge in [-0.25, -0.2) is 0 Å². The fourth-order valence-electron chi connectivity index (χ4n) is 1.43. The largest absolute Gasteiger partial charge is 0.397 e. The molecule has 0 aliphatic rings. The first-order valence-electron chi connectivity index (χ1n) is 6.10. The smallest absolute Gasteiger partial charge is 0.248 e. The Kier molecular flexibility index (Phi) is 5.17. The van der Waals surface area contributed by atoms with Gasteiger partial charge >= 0.3 is 0 Å². The zero-order chi connectivity index (χ0) is 14.4. The number of amides is 2. The Morgan fingerprint density at radius 3 is 2.53 bits per heavy atom. The van der Waals surface area contributed by atoms with E-state index < -0.39 is 5.91 Å². The lowest BCUT2D eigenvalue weighted by atomic mass is 10.1. The summed E-state index contributed by atoms with van der Waals surface area (Å²) in [4.78, 5) is 22.5. The molecule has 6 heteroatoms. The zero-order valence-corrected chi connectivity index (χ0v) is 11.2. The molecule has 6 nitrogen and oxygen atoms in total. The molecule has 1 aromatic carbocycles. The van der Waals surface area contributed by atoms with Crippen LogP contribution in [0, 0.1) is 5.92 Å². The molecule has 0 spiro atoms. The minimum atomic E-state index is -0.534. The molecule has 19 heavy (non-hydrogen) atoms. The van der Waals surface area contributed by atoms with Crippen LogP contribution in [-0.4, -0.2) is 24.9 Å². The number of primary amides is 1. The van der Waals surface area contributed by atoms with Gasteiger partial charge in [-0.2, -0.15) is 0 Å². The van der Waals surface area contributed by atoms with E-state index in [1.54, 1.807) is 12.1 Å². The zero-order valence-electron chi connectivity index (χ0n) is 11.2. The maximum Gasteiger partial charge on any atom is 0.248 e. The molecule has 0 saturated carbocycles. The van der Waals surface area contributed by atoms with Gasteiger partial charge in [0, 0.05) is 12.1 Å². The Labute approximate surface area is 112 Å². The van der Waals surface area contributed by atoms with Gasteiger partial charge in [-0.05, 0) is 24.1 Å². The lowest BCUT2D eigenvalue weighted by Gasteiger charge is -2.11. The van der Waals surface area contributed by atoms with E-state index in [4.69, 9.17) is 11.5 Å². The molecule has 0 aromatic heterocycles. The number of rotatable bonds is 6. The van der Waals surface area contributed by atoms with Crippen molar-refractivity contribution in [3.63, 3.8) is 0 Å². The first-order chi connectivity index (χ1) is 8.90. The van der Waals surface area contributed by atoms with Gasteiger partial charge in [0.25, 0.3) is 0 Å². The van der Waals surface area contributed by atoms with Crippen LogP contribution in [0.1, 0.15) is 24.2 Å². The van der Waals surface area contributed by atoms with Crippen molar-refractivity contribution >= 4 is 23.2 Å². The van der Waals surface area contributed by atoms with Crippen LogP contribution >= 0.6 is 0 Å². The third-order valence-corrected chi connectivity index (χ3v) is 2.48. The normalized spacial score (nSPS) is 10.3. The Bertz CT molecular complexity index is 472. The molecule has 0 saturated heterocycles. The number of nitrogen functional groups attached to an aromatic ring is 1. The summed E-state index contributed by atoms with van der Waals surface area (Å²) in [6.45, 7) is 4.81. The molecule has 104 valence electrons. The predicted octanol–water partition coefficient (Wildman–Crippen LogP) is 0.552. The second-order valence-electron chi connectivity index (χ2n) is 4.72. The van der Waals surface area contributed by atoms with Crippen molar-refractivity contribution in [1.29, 1.82) is 0 Å². The van der Waals surface area contributed by atoms with Gasteiger partial charge in [0.05, 0.1) is 17.9 Å². The lowest BCUT2D eigenvalue weighted by Crippen LogP contribution is -2.32. The van der Waals surface area contributed by atoms with Crippen molar-refractivity contribution in [2.45, 2.75) is 13.8 Å². The van der Waals surface area contributed by atoms with Gasteiger partial charge in [0.1, 0.15) is 0 Å². The van der Waals surface area contributed by atoms with E-state index in [2.05, 4.69) is 10.6 Å². The fraction of sp³-hybridized carbons (Fsp3) is 0.385. The van der Waals surface area contributed by atoms with Gasteiger partial charge in [-0.1, -0.05) is 13.8 Å². The molecule has 0 radical (unpaired) electrons.